The lowest BCUT2D eigenvalue weighted by Gasteiger charge is -2.63. The van der Waals surface area contributed by atoms with Gasteiger partial charge in [0, 0.05) is 30.8 Å². The zero-order valence-corrected chi connectivity index (χ0v) is 15.4. The Kier molecular flexibility index (Phi) is 3.53. The first-order chi connectivity index (χ1) is 12.8. The summed E-state index contributed by atoms with van der Waals surface area (Å²) in [6, 6.07) is 3.21. The number of benzene rings is 1. The lowest BCUT2D eigenvalue weighted by molar-refractivity contribution is -0.173. The van der Waals surface area contributed by atoms with Crippen LogP contribution in [0.2, 0.25) is 0 Å². The van der Waals surface area contributed by atoms with Crippen molar-refractivity contribution in [3.63, 3.8) is 0 Å². The molecule has 1 amide bonds. The molecular weight excluding hydrogens is 344 g/mol. The van der Waals surface area contributed by atoms with Gasteiger partial charge >= 0.3 is 0 Å². The van der Waals surface area contributed by atoms with E-state index in [-0.39, 0.29) is 23.1 Å². The predicted molar refractivity (Wildman–Crippen MR) is 98.5 cm³/mol. The van der Waals surface area contributed by atoms with Crippen molar-refractivity contribution < 1.29 is 19.8 Å². The van der Waals surface area contributed by atoms with E-state index < -0.39 is 16.9 Å². The number of ketones is 1. The minimum Gasteiger partial charge on any atom is -0.507 e. The number of amides is 1. The minimum absolute atomic E-state index is 0.0577. The van der Waals surface area contributed by atoms with E-state index in [1.165, 1.54) is 12.8 Å². The molecule has 6 nitrogen and oxygen atoms in total. The smallest absolute Gasteiger partial charge is 0.252 e. The monoisotopic (exact) mass is 370 g/mol. The van der Waals surface area contributed by atoms with Crippen molar-refractivity contribution >= 4 is 11.7 Å². The van der Waals surface area contributed by atoms with Crippen LogP contribution in [-0.2, 0) is 16.6 Å². The van der Waals surface area contributed by atoms with Crippen LogP contribution in [0, 0.1) is 5.92 Å². The fourth-order valence-electron chi connectivity index (χ4n) is 5.99. The number of aliphatic hydroxyl groups is 1. The van der Waals surface area contributed by atoms with Gasteiger partial charge in [0.1, 0.15) is 11.5 Å². The molecule has 4 N–H and O–H groups in total. The number of piperidine rings is 1. The Labute approximate surface area is 158 Å². The lowest BCUT2D eigenvalue weighted by atomic mass is 9.49. The topological polar surface area (TPSA) is 104 Å². The van der Waals surface area contributed by atoms with Crippen LogP contribution in [0.15, 0.2) is 12.1 Å². The molecule has 144 valence electrons. The van der Waals surface area contributed by atoms with E-state index >= 15 is 0 Å². The first-order valence-electron chi connectivity index (χ1n) is 9.98. The Morgan fingerprint density at radius 2 is 2.07 bits per heavy atom. The van der Waals surface area contributed by atoms with Crippen LogP contribution in [0.1, 0.15) is 60.0 Å². The highest BCUT2D eigenvalue weighted by atomic mass is 16.3. The zero-order chi connectivity index (χ0) is 19.0. The molecule has 1 aliphatic heterocycles. The van der Waals surface area contributed by atoms with Gasteiger partial charge < -0.3 is 15.9 Å². The minimum atomic E-state index is -0.971. The van der Waals surface area contributed by atoms with Crippen molar-refractivity contribution in [2.24, 2.45) is 11.7 Å². The number of carbonyl (C=O) groups excluding carboxylic acids is 2. The third kappa shape index (κ3) is 2.32. The number of primary amides is 1. The molecule has 27 heavy (non-hydrogen) atoms. The summed E-state index contributed by atoms with van der Waals surface area (Å²) < 4.78 is 0. The van der Waals surface area contributed by atoms with E-state index in [1.807, 2.05) is 0 Å². The molecule has 0 spiro atoms. The van der Waals surface area contributed by atoms with Gasteiger partial charge in [-0.25, -0.2) is 0 Å². The van der Waals surface area contributed by atoms with E-state index in [2.05, 4.69) is 4.90 Å². The quantitative estimate of drug-likeness (QED) is 0.743. The highest BCUT2D eigenvalue weighted by Crippen LogP contribution is 2.58. The third-order valence-corrected chi connectivity index (χ3v) is 7.54. The van der Waals surface area contributed by atoms with Gasteiger partial charge in [0.2, 0.25) is 0 Å². The Morgan fingerprint density at radius 1 is 1.30 bits per heavy atom. The van der Waals surface area contributed by atoms with Gasteiger partial charge in [-0.15, -0.1) is 0 Å². The third-order valence-electron chi connectivity index (χ3n) is 7.54. The van der Waals surface area contributed by atoms with Crippen molar-refractivity contribution in [3.8, 4) is 5.75 Å². The van der Waals surface area contributed by atoms with Crippen LogP contribution >= 0.6 is 0 Å². The molecule has 1 heterocycles. The molecule has 2 bridgehead atoms. The maximum Gasteiger partial charge on any atom is 0.252 e. The summed E-state index contributed by atoms with van der Waals surface area (Å²) in [5, 5.41) is 22.3. The molecule has 0 radical (unpaired) electrons. The van der Waals surface area contributed by atoms with Gasteiger partial charge in [0.25, 0.3) is 5.91 Å². The highest BCUT2D eigenvalue weighted by molar-refractivity contribution is 5.96. The SMILES string of the molecule is NC(=O)c1cc2c(cc1O)[C@@]13CCN(CC4CC4)[C@@H](C2)[C@]1(O)CCC(=O)C3. The molecule has 2 saturated carbocycles. The van der Waals surface area contributed by atoms with Gasteiger partial charge in [-0.05, 0) is 67.8 Å². The Hall–Kier alpha value is -1.92. The normalized spacial score (nSPS) is 35.4. The number of likely N-dealkylation sites (tertiary alicyclic amines) is 1. The fourth-order valence-corrected chi connectivity index (χ4v) is 5.99. The summed E-state index contributed by atoms with van der Waals surface area (Å²) in [6.45, 7) is 1.85. The van der Waals surface area contributed by atoms with Crippen molar-refractivity contribution in [2.75, 3.05) is 13.1 Å². The van der Waals surface area contributed by atoms with Gasteiger partial charge in [-0.1, -0.05) is 0 Å². The number of Topliss-reactive ketones (excluding diaryl/α,β-unsaturated/α-hetero) is 1. The van der Waals surface area contributed by atoms with Crippen LogP contribution < -0.4 is 5.73 Å². The van der Waals surface area contributed by atoms with Crippen LogP contribution in [0.5, 0.6) is 5.75 Å². The largest absolute Gasteiger partial charge is 0.507 e. The average molecular weight is 370 g/mol. The zero-order valence-electron chi connectivity index (χ0n) is 15.4. The molecule has 3 fully saturated rings. The van der Waals surface area contributed by atoms with E-state index in [0.717, 1.165) is 24.2 Å². The molecule has 0 unspecified atom stereocenters. The first kappa shape index (κ1) is 17.2. The van der Waals surface area contributed by atoms with Crippen LogP contribution in [0.3, 0.4) is 0 Å². The van der Waals surface area contributed by atoms with Crippen LogP contribution in [-0.4, -0.2) is 51.5 Å². The number of carbonyl (C=O) groups is 2. The molecule has 1 aromatic carbocycles. The average Bonchev–Trinajstić information content (AvgIpc) is 3.42. The second-order valence-corrected chi connectivity index (χ2v) is 9.02. The predicted octanol–water partition coefficient (Wildman–Crippen LogP) is 1.25. The summed E-state index contributed by atoms with van der Waals surface area (Å²) in [5.74, 6) is 0.0670. The highest BCUT2D eigenvalue weighted by Gasteiger charge is 2.64. The molecule has 5 rings (SSSR count). The molecule has 1 saturated heterocycles. The number of nitrogens with zero attached hydrogens (tertiary/aromatic N) is 1. The number of hydrogen-bond acceptors (Lipinski definition) is 5. The van der Waals surface area contributed by atoms with Crippen molar-refractivity contribution in [2.45, 2.75) is 62.0 Å². The number of rotatable bonds is 3. The van der Waals surface area contributed by atoms with Crippen molar-refractivity contribution in [1.29, 1.82) is 0 Å². The van der Waals surface area contributed by atoms with E-state index in [4.69, 9.17) is 5.73 Å². The standard InChI is InChI=1S/C21H26N2O4/c22-19(26)15-7-13-8-18-21(27)4-3-14(24)10-20(21,16(13)9-17(15)25)5-6-23(18)11-12-1-2-12/h7,9,12,18,25,27H,1-6,8,10-11H2,(H2,22,26)/t18-,20-,21+/m0/s1. The van der Waals surface area contributed by atoms with E-state index in [1.54, 1.807) is 12.1 Å². The van der Waals surface area contributed by atoms with Gasteiger partial charge in [0.05, 0.1) is 11.2 Å². The molecule has 1 aromatic rings. The lowest BCUT2D eigenvalue weighted by Crippen LogP contribution is -2.73. The fraction of sp³-hybridized carbons (Fsp3) is 0.619. The van der Waals surface area contributed by atoms with E-state index in [0.29, 0.717) is 38.0 Å². The second-order valence-electron chi connectivity index (χ2n) is 9.02. The molecule has 3 atom stereocenters. The number of phenols is 1. The number of aromatic hydroxyl groups is 1. The maximum atomic E-state index is 12.4. The Morgan fingerprint density at radius 3 is 2.78 bits per heavy atom. The maximum absolute atomic E-state index is 12.4. The number of fused-ring (bicyclic) bond motifs is 1. The number of nitrogens with two attached hydrogens (primary N) is 1. The Bertz CT molecular complexity index is 849. The summed E-state index contributed by atoms with van der Waals surface area (Å²) in [5.41, 5.74) is 5.68. The summed E-state index contributed by atoms with van der Waals surface area (Å²) >= 11 is 0. The number of hydrogen-bond donors (Lipinski definition) is 3. The summed E-state index contributed by atoms with van der Waals surface area (Å²) in [6.07, 6.45) is 5.00. The van der Waals surface area contributed by atoms with Crippen molar-refractivity contribution in [3.05, 3.63) is 28.8 Å². The molecular formula is C21H26N2O4. The van der Waals surface area contributed by atoms with Crippen molar-refractivity contribution in [1.82, 2.24) is 4.90 Å². The van der Waals surface area contributed by atoms with Gasteiger partial charge in [-0.2, -0.15) is 0 Å². The second kappa shape index (κ2) is 5.55. The van der Waals surface area contributed by atoms with E-state index in [9.17, 15) is 19.8 Å². The molecule has 3 aliphatic carbocycles. The van der Waals surface area contributed by atoms with Gasteiger partial charge in [0.15, 0.2) is 0 Å². The molecule has 0 aromatic heterocycles. The molecule has 6 heteroatoms. The molecule has 4 aliphatic rings. The van der Waals surface area contributed by atoms with Gasteiger partial charge in [-0.3, -0.25) is 14.5 Å². The summed E-state index contributed by atoms with van der Waals surface area (Å²) in [4.78, 5) is 26.6. The van der Waals surface area contributed by atoms with Crippen LogP contribution in [0.4, 0.5) is 0 Å². The Balaban J connectivity index is 1.67. The van der Waals surface area contributed by atoms with Crippen LogP contribution in [0.25, 0.3) is 0 Å². The first-order valence-corrected chi connectivity index (χ1v) is 9.98. The summed E-state index contributed by atoms with van der Waals surface area (Å²) in [7, 11) is 0.